The number of ether oxygens (including phenoxy) is 1. The van der Waals surface area contributed by atoms with Gasteiger partial charge in [0.2, 0.25) is 5.88 Å². The number of carbonyl (C=O) groups excluding carboxylic acids is 1. The van der Waals surface area contributed by atoms with Crippen molar-refractivity contribution in [3.8, 4) is 5.88 Å². The third-order valence-corrected chi connectivity index (χ3v) is 5.81. The van der Waals surface area contributed by atoms with Crippen LogP contribution in [0.25, 0.3) is 0 Å². The minimum atomic E-state index is -2.71. The summed E-state index contributed by atoms with van der Waals surface area (Å²) in [7, 11) is 1.72. The number of amides is 1. The maximum absolute atomic E-state index is 13.4. The molecular weight excluding hydrogens is 416 g/mol. The number of aromatic nitrogens is 3. The van der Waals surface area contributed by atoms with E-state index in [0.717, 1.165) is 12.8 Å². The summed E-state index contributed by atoms with van der Waals surface area (Å²) in [6.07, 6.45) is 4.49. The van der Waals surface area contributed by atoms with Crippen molar-refractivity contribution in [3.63, 3.8) is 0 Å². The average Bonchev–Trinajstić information content (AvgIpc) is 3.58. The molecule has 0 spiro atoms. The summed E-state index contributed by atoms with van der Waals surface area (Å²) in [5.41, 5.74) is 1.43. The second kappa shape index (κ2) is 8.96. The van der Waals surface area contributed by atoms with Crippen LogP contribution in [0.4, 0.5) is 14.5 Å². The van der Waals surface area contributed by atoms with Crippen LogP contribution in [0.15, 0.2) is 30.5 Å². The van der Waals surface area contributed by atoms with Crippen LogP contribution in [0.3, 0.4) is 0 Å². The Balaban J connectivity index is 1.57. The van der Waals surface area contributed by atoms with Crippen LogP contribution in [0.5, 0.6) is 5.88 Å². The van der Waals surface area contributed by atoms with Crippen LogP contribution >= 0.6 is 0 Å². The Labute approximate surface area is 186 Å². The largest absolute Gasteiger partial charge is 0.476 e. The van der Waals surface area contributed by atoms with Crippen LogP contribution in [-0.4, -0.2) is 58.7 Å². The Bertz CT molecular complexity index is 945. The highest BCUT2D eigenvalue weighted by Crippen LogP contribution is 2.38. The van der Waals surface area contributed by atoms with E-state index in [1.807, 2.05) is 6.07 Å². The van der Waals surface area contributed by atoms with Gasteiger partial charge in [-0.2, -0.15) is 10.2 Å². The summed E-state index contributed by atoms with van der Waals surface area (Å²) in [5, 5.41) is 8.16. The second-order valence-corrected chi connectivity index (χ2v) is 9.20. The topological polar surface area (TPSA) is 71.5 Å². The van der Waals surface area contributed by atoms with E-state index in [1.165, 1.54) is 4.90 Å². The number of alkyl halides is 2. The van der Waals surface area contributed by atoms with E-state index >= 15 is 0 Å². The van der Waals surface area contributed by atoms with E-state index in [2.05, 4.69) is 29.0 Å². The van der Waals surface area contributed by atoms with Crippen LogP contribution in [0.1, 0.15) is 55.3 Å². The quantitative estimate of drug-likeness (QED) is 0.582. The first-order valence-electron chi connectivity index (χ1n) is 11.0. The molecular formula is C23H29F2N5O2. The van der Waals surface area contributed by atoms with Crippen molar-refractivity contribution in [2.45, 2.75) is 45.1 Å². The van der Waals surface area contributed by atoms with Gasteiger partial charge in [-0.15, -0.1) is 0 Å². The van der Waals surface area contributed by atoms with Crippen molar-refractivity contribution >= 4 is 11.6 Å². The van der Waals surface area contributed by atoms with Crippen molar-refractivity contribution in [1.82, 2.24) is 20.1 Å². The predicted molar refractivity (Wildman–Crippen MR) is 116 cm³/mol. The highest BCUT2D eigenvalue weighted by Gasteiger charge is 2.45. The lowest BCUT2D eigenvalue weighted by atomic mass is 9.99. The standard InChI is InChI=1S/C23H29F2N5O2/c1-15(2)11-20(17-5-4-10-26-28-17)29(3)22(31)18-8-9-19(30-13-23(24,25)14-30)21(27-18)32-12-16-6-7-16/h4-5,8-10,15-16,20H,6-7,11-14H2,1-3H3. The number of pyridine rings is 1. The Morgan fingerprint density at radius 3 is 2.62 bits per heavy atom. The molecule has 1 atom stereocenters. The van der Waals surface area contributed by atoms with Crippen LogP contribution in [0, 0.1) is 11.8 Å². The first-order chi connectivity index (χ1) is 15.2. The molecule has 4 rings (SSSR count). The molecule has 2 aromatic heterocycles. The van der Waals surface area contributed by atoms with Crippen LogP contribution in [0.2, 0.25) is 0 Å². The molecule has 1 saturated heterocycles. The van der Waals surface area contributed by atoms with E-state index in [4.69, 9.17) is 4.74 Å². The molecule has 0 aromatic carbocycles. The number of rotatable bonds is 9. The van der Waals surface area contributed by atoms with Crippen molar-refractivity contribution in [2.75, 3.05) is 31.6 Å². The lowest BCUT2D eigenvalue weighted by molar-refractivity contribution is -0.0265. The summed E-state index contributed by atoms with van der Waals surface area (Å²) < 4.78 is 32.7. The third kappa shape index (κ3) is 5.14. The number of hydrogen-bond acceptors (Lipinski definition) is 6. The smallest absolute Gasteiger partial charge is 0.282 e. The molecule has 7 nitrogen and oxygen atoms in total. The van der Waals surface area contributed by atoms with E-state index in [9.17, 15) is 13.6 Å². The SMILES string of the molecule is CC(C)CC(c1cccnn1)N(C)C(=O)c1ccc(N2CC(F)(F)C2)c(OCC2CC2)n1. The van der Waals surface area contributed by atoms with Gasteiger partial charge in [0, 0.05) is 13.2 Å². The first-order valence-corrected chi connectivity index (χ1v) is 11.0. The zero-order chi connectivity index (χ0) is 22.9. The van der Waals surface area contributed by atoms with Gasteiger partial charge in [-0.3, -0.25) is 4.79 Å². The highest BCUT2D eigenvalue weighted by molar-refractivity contribution is 5.93. The van der Waals surface area contributed by atoms with Crippen molar-refractivity contribution < 1.29 is 18.3 Å². The molecule has 32 heavy (non-hydrogen) atoms. The minimum absolute atomic E-state index is 0.215. The lowest BCUT2D eigenvalue weighted by Crippen LogP contribution is -2.56. The summed E-state index contributed by atoms with van der Waals surface area (Å²) in [4.78, 5) is 21.0. The molecule has 2 aromatic rings. The van der Waals surface area contributed by atoms with E-state index < -0.39 is 5.92 Å². The summed E-state index contributed by atoms with van der Waals surface area (Å²) >= 11 is 0. The van der Waals surface area contributed by atoms with Gasteiger partial charge in [-0.05, 0) is 55.4 Å². The van der Waals surface area contributed by atoms with Gasteiger partial charge < -0.3 is 14.5 Å². The first kappa shape index (κ1) is 22.4. The lowest BCUT2D eigenvalue weighted by Gasteiger charge is -2.40. The van der Waals surface area contributed by atoms with Crippen molar-refractivity contribution in [2.24, 2.45) is 11.8 Å². The Morgan fingerprint density at radius 2 is 2.03 bits per heavy atom. The van der Waals surface area contributed by atoms with Crippen molar-refractivity contribution in [1.29, 1.82) is 0 Å². The summed E-state index contributed by atoms with van der Waals surface area (Å²) in [5.74, 6) is -1.94. The number of anilines is 1. The van der Waals surface area contributed by atoms with Crippen molar-refractivity contribution in [3.05, 3.63) is 41.9 Å². The molecule has 3 heterocycles. The maximum Gasteiger partial charge on any atom is 0.282 e. The third-order valence-electron chi connectivity index (χ3n) is 5.81. The van der Waals surface area contributed by atoms with Gasteiger partial charge in [0.1, 0.15) is 11.4 Å². The molecule has 1 aliphatic carbocycles. The minimum Gasteiger partial charge on any atom is -0.476 e. The second-order valence-electron chi connectivity index (χ2n) is 9.20. The molecule has 0 bridgehead atoms. The fourth-order valence-electron chi connectivity index (χ4n) is 3.80. The number of nitrogens with zero attached hydrogens (tertiary/aromatic N) is 5. The van der Waals surface area contributed by atoms with Gasteiger partial charge in [-0.25, -0.2) is 13.8 Å². The predicted octanol–water partition coefficient (Wildman–Crippen LogP) is 3.98. The zero-order valence-electron chi connectivity index (χ0n) is 18.7. The number of carbonyl (C=O) groups is 1. The summed E-state index contributed by atoms with van der Waals surface area (Å²) in [6, 6.07) is 6.63. The molecule has 1 amide bonds. The van der Waals surface area contributed by atoms with Crippen LogP contribution < -0.4 is 9.64 Å². The molecule has 1 aliphatic heterocycles. The molecule has 2 fully saturated rings. The molecule has 2 aliphatic rings. The molecule has 1 saturated carbocycles. The van der Waals surface area contributed by atoms with Crippen LogP contribution in [-0.2, 0) is 0 Å². The molecule has 172 valence electrons. The summed E-state index contributed by atoms with van der Waals surface area (Å²) in [6.45, 7) is 3.91. The van der Waals surface area contributed by atoms with Gasteiger partial charge in [0.05, 0.1) is 31.4 Å². The molecule has 1 unspecified atom stereocenters. The molecule has 0 N–H and O–H groups in total. The Morgan fingerprint density at radius 1 is 1.28 bits per heavy atom. The normalized spacial score (nSPS) is 18.2. The molecule has 0 radical (unpaired) electrons. The Kier molecular flexibility index (Phi) is 6.26. The van der Waals surface area contributed by atoms with Gasteiger partial charge in [0.15, 0.2) is 0 Å². The average molecular weight is 446 g/mol. The monoisotopic (exact) mass is 445 g/mol. The Hall–Kier alpha value is -2.84. The van der Waals surface area contributed by atoms with Gasteiger partial charge >= 0.3 is 0 Å². The number of hydrogen-bond donors (Lipinski definition) is 0. The highest BCUT2D eigenvalue weighted by atomic mass is 19.3. The number of halogens is 2. The fraction of sp³-hybridized carbons (Fsp3) is 0.565. The van der Waals surface area contributed by atoms with E-state index in [0.29, 0.717) is 36.2 Å². The molecule has 9 heteroatoms. The zero-order valence-corrected chi connectivity index (χ0v) is 18.7. The fourth-order valence-corrected chi connectivity index (χ4v) is 3.80. The van der Waals surface area contributed by atoms with E-state index in [1.54, 1.807) is 36.3 Å². The van der Waals surface area contributed by atoms with Gasteiger partial charge in [-0.1, -0.05) is 13.8 Å². The van der Waals surface area contributed by atoms with E-state index in [-0.39, 0.29) is 36.6 Å². The maximum atomic E-state index is 13.4. The van der Waals surface area contributed by atoms with Gasteiger partial charge in [0.25, 0.3) is 11.8 Å².